The maximum Gasteiger partial charge on any atom is 0.264 e. The number of para-hydroxylation sites is 1. The second-order valence-corrected chi connectivity index (χ2v) is 15.7. The van der Waals surface area contributed by atoms with Gasteiger partial charge in [0.25, 0.3) is 10.0 Å². The van der Waals surface area contributed by atoms with Gasteiger partial charge in [0.2, 0.25) is 11.8 Å². The summed E-state index contributed by atoms with van der Waals surface area (Å²) in [5.41, 5.74) is 1.66. The normalized spacial score (nSPS) is 13.8. The van der Waals surface area contributed by atoms with Crippen LogP contribution in [0.25, 0.3) is 0 Å². The largest absolute Gasteiger partial charge is 0.457 e. The van der Waals surface area contributed by atoms with E-state index in [9.17, 15) is 18.0 Å². The minimum Gasteiger partial charge on any atom is -0.457 e. The van der Waals surface area contributed by atoms with Gasteiger partial charge < -0.3 is 15.0 Å². The van der Waals surface area contributed by atoms with Gasteiger partial charge in [-0.1, -0.05) is 115 Å². The van der Waals surface area contributed by atoms with Crippen LogP contribution in [-0.2, 0) is 32.6 Å². The first kappa shape index (κ1) is 37.9. The van der Waals surface area contributed by atoms with Crippen LogP contribution in [0.1, 0.15) is 43.2 Å². The molecule has 0 aromatic heterocycles. The molecule has 2 amide bonds. The lowest BCUT2D eigenvalue weighted by molar-refractivity contribution is -0.140. The van der Waals surface area contributed by atoms with Crippen LogP contribution in [0.2, 0.25) is 10.0 Å². The SMILES string of the molecule is O=C(NC1CCCCC1)C(Cc1ccccc1)N(Cc1ccc(Cl)cc1Cl)C(=O)CN(c1ccc(Oc2ccccc2)cc1)S(=O)(=O)c1ccccc1. The third-order valence-electron chi connectivity index (χ3n) is 9.29. The van der Waals surface area contributed by atoms with Gasteiger partial charge in [-0.15, -0.1) is 0 Å². The number of anilines is 1. The van der Waals surface area contributed by atoms with Crippen molar-refractivity contribution in [3.05, 3.63) is 155 Å². The predicted octanol–water partition coefficient (Wildman–Crippen LogP) is 9.07. The van der Waals surface area contributed by atoms with E-state index in [2.05, 4.69) is 5.32 Å². The zero-order valence-corrected chi connectivity index (χ0v) is 31.4. The second-order valence-electron chi connectivity index (χ2n) is 13.0. The molecule has 274 valence electrons. The summed E-state index contributed by atoms with van der Waals surface area (Å²) < 4.78 is 35.8. The molecule has 0 radical (unpaired) electrons. The van der Waals surface area contributed by atoms with E-state index in [1.165, 1.54) is 17.0 Å². The Morgan fingerprint density at radius 3 is 2.00 bits per heavy atom. The van der Waals surface area contributed by atoms with Crippen LogP contribution in [-0.4, -0.2) is 43.8 Å². The van der Waals surface area contributed by atoms with Crippen molar-refractivity contribution in [1.29, 1.82) is 0 Å². The van der Waals surface area contributed by atoms with Crippen LogP contribution >= 0.6 is 23.2 Å². The molecular weight excluding hydrogens is 729 g/mol. The molecule has 11 heteroatoms. The summed E-state index contributed by atoms with van der Waals surface area (Å²) in [6.45, 7) is -0.656. The maximum absolute atomic E-state index is 14.9. The van der Waals surface area contributed by atoms with E-state index >= 15 is 0 Å². The molecule has 1 aliphatic carbocycles. The van der Waals surface area contributed by atoms with Gasteiger partial charge in [-0.2, -0.15) is 0 Å². The average Bonchev–Trinajstić information content (AvgIpc) is 3.18. The number of hydrogen-bond acceptors (Lipinski definition) is 5. The third-order valence-corrected chi connectivity index (χ3v) is 11.7. The molecule has 1 fully saturated rings. The molecule has 1 atom stereocenters. The van der Waals surface area contributed by atoms with E-state index < -0.39 is 28.5 Å². The molecule has 8 nitrogen and oxygen atoms in total. The van der Waals surface area contributed by atoms with Crippen molar-refractivity contribution in [3.8, 4) is 11.5 Å². The minimum atomic E-state index is -4.27. The van der Waals surface area contributed by atoms with Crippen LogP contribution in [0, 0.1) is 0 Å². The Morgan fingerprint density at radius 2 is 1.36 bits per heavy atom. The molecule has 6 rings (SSSR count). The Kier molecular flexibility index (Phi) is 12.7. The molecule has 0 saturated heterocycles. The van der Waals surface area contributed by atoms with E-state index in [0.29, 0.717) is 27.1 Å². The van der Waals surface area contributed by atoms with Gasteiger partial charge in [-0.05, 0) is 84.6 Å². The Hall–Kier alpha value is -4.83. The fourth-order valence-corrected chi connectivity index (χ4v) is 8.39. The number of nitrogens with zero attached hydrogens (tertiary/aromatic N) is 2. The van der Waals surface area contributed by atoms with Gasteiger partial charge in [0.1, 0.15) is 24.1 Å². The van der Waals surface area contributed by atoms with Crippen molar-refractivity contribution < 1.29 is 22.7 Å². The first-order valence-electron chi connectivity index (χ1n) is 17.7. The second kappa shape index (κ2) is 17.8. The fourth-order valence-electron chi connectivity index (χ4n) is 6.49. The predicted molar refractivity (Wildman–Crippen MR) is 210 cm³/mol. The number of benzene rings is 5. The molecular formula is C42H41Cl2N3O5S. The van der Waals surface area contributed by atoms with Crippen LogP contribution < -0.4 is 14.4 Å². The molecule has 0 aliphatic heterocycles. The summed E-state index contributed by atoms with van der Waals surface area (Å²) >= 11 is 12.9. The quantitative estimate of drug-likeness (QED) is 0.122. The first-order valence-corrected chi connectivity index (χ1v) is 19.9. The number of rotatable bonds is 14. The smallest absolute Gasteiger partial charge is 0.264 e. The van der Waals surface area contributed by atoms with Gasteiger partial charge in [-0.25, -0.2) is 8.42 Å². The molecule has 5 aromatic rings. The van der Waals surface area contributed by atoms with E-state index in [1.807, 2.05) is 60.7 Å². The minimum absolute atomic E-state index is 0.0144. The van der Waals surface area contributed by atoms with Crippen molar-refractivity contribution >= 4 is 50.7 Å². The molecule has 5 aromatic carbocycles. The van der Waals surface area contributed by atoms with Crippen LogP contribution in [0.3, 0.4) is 0 Å². The van der Waals surface area contributed by atoms with Crippen molar-refractivity contribution in [2.45, 2.75) is 62.0 Å². The monoisotopic (exact) mass is 769 g/mol. The Balaban J connectivity index is 1.39. The summed E-state index contributed by atoms with van der Waals surface area (Å²) in [4.78, 5) is 30.7. The van der Waals surface area contributed by atoms with E-state index in [0.717, 1.165) is 42.0 Å². The Morgan fingerprint density at radius 1 is 0.755 bits per heavy atom. The lowest BCUT2D eigenvalue weighted by Gasteiger charge is -2.35. The summed E-state index contributed by atoms with van der Waals surface area (Å²) in [5.74, 6) is 0.222. The van der Waals surface area contributed by atoms with E-state index in [-0.39, 0.29) is 35.5 Å². The van der Waals surface area contributed by atoms with E-state index in [1.54, 1.807) is 60.7 Å². The van der Waals surface area contributed by atoms with Gasteiger partial charge in [-0.3, -0.25) is 13.9 Å². The summed E-state index contributed by atoms with van der Waals surface area (Å²) in [5, 5.41) is 3.97. The fraction of sp³-hybridized carbons (Fsp3) is 0.238. The standard InChI is InChI=1S/C42H41Cl2N3O5S/c43-33-22-21-32(39(44)28-33)29-46(40(27-31-13-5-1-6-14-31)42(49)45-34-15-7-2-8-16-34)41(48)30-47(53(50,51)38-19-11-4-12-20-38)35-23-25-37(26-24-35)52-36-17-9-3-10-18-36/h1,3-6,9-14,17-26,28,34,40H,2,7-8,15-16,27,29-30H2,(H,45,49). The zero-order chi connectivity index (χ0) is 37.2. The molecule has 1 unspecified atom stereocenters. The van der Waals surface area contributed by atoms with Crippen LogP contribution in [0.5, 0.6) is 11.5 Å². The van der Waals surface area contributed by atoms with E-state index in [4.69, 9.17) is 27.9 Å². The number of nitrogens with one attached hydrogen (secondary N) is 1. The zero-order valence-electron chi connectivity index (χ0n) is 29.1. The molecule has 1 aliphatic rings. The molecule has 53 heavy (non-hydrogen) atoms. The van der Waals surface area contributed by atoms with Crippen molar-refractivity contribution in [3.63, 3.8) is 0 Å². The summed E-state index contributed by atoms with van der Waals surface area (Å²) in [6.07, 6.45) is 5.05. The summed E-state index contributed by atoms with van der Waals surface area (Å²) in [7, 11) is -4.27. The van der Waals surface area contributed by atoms with Gasteiger partial charge in [0, 0.05) is 29.1 Å². The number of ether oxygens (including phenoxy) is 1. The molecule has 1 saturated carbocycles. The number of hydrogen-bond donors (Lipinski definition) is 1. The number of carbonyl (C=O) groups excluding carboxylic acids is 2. The highest BCUT2D eigenvalue weighted by Gasteiger charge is 2.35. The highest BCUT2D eigenvalue weighted by atomic mass is 35.5. The molecule has 0 bridgehead atoms. The summed E-state index contributed by atoms with van der Waals surface area (Å²) in [6, 6.07) is 37.1. The Labute approximate surface area is 321 Å². The van der Waals surface area contributed by atoms with Gasteiger partial charge >= 0.3 is 0 Å². The molecule has 0 heterocycles. The lowest BCUT2D eigenvalue weighted by atomic mass is 9.94. The highest BCUT2D eigenvalue weighted by molar-refractivity contribution is 7.92. The third kappa shape index (κ3) is 9.99. The van der Waals surface area contributed by atoms with Gasteiger partial charge in [0.05, 0.1) is 10.6 Å². The average molecular weight is 771 g/mol. The Bertz CT molecular complexity index is 2080. The topological polar surface area (TPSA) is 96.0 Å². The number of sulfonamides is 1. The molecule has 1 N–H and O–H groups in total. The number of halogens is 2. The first-order chi connectivity index (χ1) is 25.7. The van der Waals surface area contributed by atoms with Crippen molar-refractivity contribution in [1.82, 2.24) is 10.2 Å². The molecule has 0 spiro atoms. The van der Waals surface area contributed by atoms with Gasteiger partial charge in [0.15, 0.2) is 0 Å². The maximum atomic E-state index is 14.9. The number of carbonyl (C=O) groups is 2. The lowest BCUT2D eigenvalue weighted by Crippen LogP contribution is -2.55. The van der Waals surface area contributed by atoms with Crippen LogP contribution in [0.15, 0.2) is 138 Å². The highest BCUT2D eigenvalue weighted by Crippen LogP contribution is 2.30. The van der Waals surface area contributed by atoms with Crippen LogP contribution in [0.4, 0.5) is 5.69 Å². The van der Waals surface area contributed by atoms with Crippen molar-refractivity contribution in [2.75, 3.05) is 10.8 Å². The number of amides is 2. The van der Waals surface area contributed by atoms with Crippen molar-refractivity contribution in [2.24, 2.45) is 0 Å².